The van der Waals surface area contributed by atoms with Crippen LogP contribution >= 0.6 is 0 Å². The molecule has 0 spiro atoms. The van der Waals surface area contributed by atoms with Gasteiger partial charge in [-0.2, -0.15) is 0 Å². The first-order chi connectivity index (χ1) is 8.35. The lowest BCUT2D eigenvalue weighted by Crippen LogP contribution is -2.34. The highest BCUT2D eigenvalue weighted by molar-refractivity contribution is 5.68. The highest BCUT2D eigenvalue weighted by Gasteiger charge is 2.15. The van der Waals surface area contributed by atoms with Crippen molar-refractivity contribution in [1.82, 2.24) is 5.32 Å². The fourth-order valence-electron chi connectivity index (χ4n) is 0.958. The van der Waals surface area contributed by atoms with E-state index in [-0.39, 0.29) is 12.6 Å². The SMILES string of the molecule is CCC(=O)OCCOCCNC(=O)OC(C)(C)C. The molecule has 0 heterocycles. The third-order valence-corrected chi connectivity index (χ3v) is 1.69. The Hall–Kier alpha value is -1.30. The second kappa shape index (κ2) is 8.74. The molecule has 6 nitrogen and oxygen atoms in total. The van der Waals surface area contributed by atoms with Crippen LogP contribution in [0.15, 0.2) is 0 Å². The van der Waals surface area contributed by atoms with Crippen molar-refractivity contribution in [1.29, 1.82) is 0 Å². The van der Waals surface area contributed by atoms with Crippen LogP contribution in [0, 0.1) is 0 Å². The van der Waals surface area contributed by atoms with Gasteiger partial charge in [-0.3, -0.25) is 4.79 Å². The van der Waals surface area contributed by atoms with E-state index in [1.54, 1.807) is 27.7 Å². The van der Waals surface area contributed by atoms with E-state index in [0.717, 1.165) is 0 Å². The van der Waals surface area contributed by atoms with Gasteiger partial charge in [0.2, 0.25) is 0 Å². The van der Waals surface area contributed by atoms with Gasteiger partial charge in [0.1, 0.15) is 12.2 Å². The van der Waals surface area contributed by atoms with E-state index in [9.17, 15) is 9.59 Å². The third-order valence-electron chi connectivity index (χ3n) is 1.69. The molecule has 1 N–H and O–H groups in total. The predicted molar refractivity (Wildman–Crippen MR) is 66.3 cm³/mol. The Balaban J connectivity index is 3.35. The predicted octanol–water partition coefficient (Wildman–Crippen LogP) is 1.48. The lowest BCUT2D eigenvalue weighted by Gasteiger charge is -2.19. The van der Waals surface area contributed by atoms with Crippen molar-refractivity contribution in [3.05, 3.63) is 0 Å². The highest BCUT2D eigenvalue weighted by Crippen LogP contribution is 2.05. The van der Waals surface area contributed by atoms with Gasteiger partial charge in [-0.25, -0.2) is 4.79 Å². The molecular formula is C12H23NO5. The standard InChI is InChI=1S/C12H23NO5/c1-5-10(14)17-9-8-16-7-6-13-11(15)18-12(2,3)4/h5-9H2,1-4H3,(H,13,15). The summed E-state index contributed by atoms with van der Waals surface area (Å²) in [5, 5.41) is 2.56. The Labute approximate surface area is 108 Å². The van der Waals surface area contributed by atoms with Gasteiger partial charge in [-0.15, -0.1) is 0 Å². The number of amides is 1. The Morgan fingerprint density at radius 3 is 2.33 bits per heavy atom. The summed E-state index contributed by atoms with van der Waals surface area (Å²) in [4.78, 5) is 22.0. The zero-order valence-electron chi connectivity index (χ0n) is 11.6. The second-order valence-electron chi connectivity index (χ2n) is 4.62. The van der Waals surface area contributed by atoms with Crippen LogP contribution in [0.3, 0.4) is 0 Å². The van der Waals surface area contributed by atoms with Gasteiger partial charge in [-0.05, 0) is 20.8 Å². The quantitative estimate of drug-likeness (QED) is 0.555. The van der Waals surface area contributed by atoms with Crippen LogP contribution in [-0.4, -0.2) is 44.0 Å². The molecule has 0 aromatic heterocycles. The van der Waals surface area contributed by atoms with Crippen LogP contribution in [0.25, 0.3) is 0 Å². The molecule has 6 heteroatoms. The van der Waals surface area contributed by atoms with E-state index < -0.39 is 11.7 Å². The van der Waals surface area contributed by atoms with Crippen molar-refractivity contribution < 1.29 is 23.8 Å². The number of nitrogens with one attached hydrogen (secondary N) is 1. The van der Waals surface area contributed by atoms with Crippen LogP contribution in [0.5, 0.6) is 0 Å². The zero-order valence-corrected chi connectivity index (χ0v) is 11.6. The zero-order chi connectivity index (χ0) is 14.0. The molecule has 106 valence electrons. The summed E-state index contributed by atoms with van der Waals surface area (Å²) in [7, 11) is 0. The summed E-state index contributed by atoms with van der Waals surface area (Å²) >= 11 is 0. The van der Waals surface area contributed by atoms with Crippen molar-refractivity contribution in [3.63, 3.8) is 0 Å². The molecule has 0 bridgehead atoms. The van der Waals surface area contributed by atoms with Gasteiger partial charge >= 0.3 is 12.1 Å². The fourth-order valence-corrected chi connectivity index (χ4v) is 0.958. The van der Waals surface area contributed by atoms with E-state index in [1.165, 1.54) is 0 Å². The van der Waals surface area contributed by atoms with Gasteiger partial charge < -0.3 is 19.5 Å². The number of alkyl carbamates (subject to hydrolysis) is 1. The normalized spacial score (nSPS) is 10.9. The Morgan fingerprint density at radius 2 is 1.78 bits per heavy atom. The van der Waals surface area contributed by atoms with Crippen molar-refractivity contribution in [2.45, 2.75) is 39.7 Å². The van der Waals surface area contributed by atoms with Crippen molar-refractivity contribution in [3.8, 4) is 0 Å². The molecule has 0 atom stereocenters. The first-order valence-electron chi connectivity index (χ1n) is 6.05. The van der Waals surface area contributed by atoms with E-state index in [2.05, 4.69) is 5.32 Å². The van der Waals surface area contributed by atoms with Gasteiger partial charge in [0.25, 0.3) is 0 Å². The largest absolute Gasteiger partial charge is 0.463 e. The minimum atomic E-state index is -0.501. The van der Waals surface area contributed by atoms with E-state index in [4.69, 9.17) is 14.2 Å². The minimum absolute atomic E-state index is 0.235. The summed E-state index contributed by atoms with van der Waals surface area (Å²) in [5.41, 5.74) is -0.501. The molecule has 0 unspecified atom stereocenters. The summed E-state index contributed by atoms with van der Waals surface area (Å²) in [5.74, 6) is -0.245. The lowest BCUT2D eigenvalue weighted by atomic mass is 10.2. The maximum atomic E-state index is 11.2. The average Bonchev–Trinajstić information content (AvgIpc) is 2.25. The van der Waals surface area contributed by atoms with Gasteiger partial charge in [0.05, 0.1) is 13.2 Å². The molecule has 0 aliphatic carbocycles. The molecule has 0 saturated carbocycles. The summed E-state index contributed by atoms with van der Waals surface area (Å²) in [6.45, 7) is 8.38. The lowest BCUT2D eigenvalue weighted by molar-refractivity contribution is -0.144. The summed E-state index contributed by atoms with van der Waals surface area (Å²) in [6, 6.07) is 0. The maximum Gasteiger partial charge on any atom is 0.407 e. The second-order valence-corrected chi connectivity index (χ2v) is 4.62. The number of esters is 1. The number of rotatable bonds is 7. The molecule has 1 amide bonds. The number of carbonyl (C=O) groups excluding carboxylic acids is 2. The summed E-state index contributed by atoms with van der Waals surface area (Å²) in [6.07, 6.45) is -0.108. The van der Waals surface area contributed by atoms with Crippen molar-refractivity contribution in [2.75, 3.05) is 26.4 Å². The molecule has 0 fully saturated rings. The van der Waals surface area contributed by atoms with Crippen molar-refractivity contribution in [2.24, 2.45) is 0 Å². The topological polar surface area (TPSA) is 73.9 Å². The first kappa shape index (κ1) is 16.7. The van der Waals surface area contributed by atoms with Crippen LogP contribution in [0.4, 0.5) is 4.79 Å². The first-order valence-corrected chi connectivity index (χ1v) is 6.05. The van der Waals surface area contributed by atoms with Gasteiger partial charge in [0, 0.05) is 13.0 Å². The molecule has 0 aromatic rings. The van der Waals surface area contributed by atoms with Gasteiger partial charge in [-0.1, -0.05) is 6.92 Å². The van der Waals surface area contributed by atoms with Crippen LogP contribution in [0.2, 0.25) is 0 Å². The van der Waals surface area contributed by atoms with Crippen LogP contribution in [-0.2, 0) is 19.0 Å². The minimum Gasteiger partial charge on any atom is -0.463 e. The molecule has 18 heavy (non-hydrogen) atoms. The van der Waals surface area contributed by atoms with Crippen LogP contribution in [0.1, 0.15) is 34.1 Å². The monoisotopic (exact) mass is 261 g/mol. The maximum absolute atomic E-state index is 11.2. The Morgan fingerprint density at radius 1 is 1.11 bits per heavy atom. The van der Waals surface area contributed by atoms with Crippen molar-refractivity contribution >= 4 is 12.1 Å². The summed E-state index contributed by atoms with van der Waals surface area (Å²) < 4.78 is 15.0. The molecule has 0 saturated heterocycles. The number of hydrogen-bond acceptors (Lipinski definition) is 5. The Kier molecular flexibility index (Phi) is 8.11. The molecule has 0 aliphatic rings. The fraction of sp³-hybridized carbons (Fsp3) is 0.833. The smallest absolute Gasteiger partial charge is 0.407 e. The van der Waals surface area contributed by atoms with E-state index >= 15 is 0 Å². The number of hydrogen-bond donors (Lipinski definition) is 1. The third kappa shape index (κ3) is 11.2. The van der Waals surface area contributed by atoms with E-state index in [0.29, 0.717) is 26.2 Å². The average molecular weight is 261 g/mol. The van der Waals surface area contributed by atoms with Crippen LogP contribution < -0.4 is 5.32 Å². The molecule has 0 rings (SSSR count). The van der Waals surface area contributed by atoms with E-state index in [1.807, 2.05) is 0 Å². The highest BCUT2D eigenvalue weighted by atomic mass is 16.6. The number of carbonyl (C=O) groups is 2. The Bertz CT molecular complexity index is 260. The molecule has 0 radical (unpaired) electrons. The molecule has 0 aliphatic heterocycles. The number of ether oxygens (including phenoxy) is 3. The van der Waals surface area contributed by atoms with Gasteiger partial charge in [0.15, 0.2) is 0 Å². The molecular weight excluding hydrogens is 238 g/mol. The molecule has 0 aromatic carbocycles.